The Hall–Kier alpha value is -1.33. The molecule has 0 fully saturated rings. The van der Waals surface area contributed by atoms with Gasteiger partial charge in [0, 0.05) is 19.8 Å². The molecule has 1 heterocycles. The summed E-state index contributed by atoms with van der Waals surface area (Å²) in [6.07, 6.45) is 1.49. The van der Waals surface area contributed by atoms with Gasteiger partial charge in [0.2, 0.25) is 0 Å². The third-order valence-corrected chi connectivity index (χ3v) is 3.03. The molecule has 0 aliphatic rings. The number of hydrogen-bond donors (Lipinski definition) is 0. The highest BCUT2D eigenvalue weighted by Gasteiger charge is 2.15. The van der Waals surface area contributed by atoms with Gasteiger partial charge in [0.15, 0.2) is 0 Å². The molecule has 0 radical (unpaired) electrons. The van der Waals surface area contributed by atoms with Crippen LogP contribution in [0.4, 0.5) is 0 Å². The van der Waals surface area contributed by atoms with Crippen LogP contribution in [-0.2, 0) is 9.53 Å². The molecule has 0 aliphatic carbocycles. The first-order chi connectivity index (χ1) is 8.95. The van der Waals surface area contributed by atoms with E-state index in [2.05, 4.69) is 4.98 Å². The summed E-state index contributed by atoms with van der Waals surface area (Å²) >= 11 is 11.5. The number of carbonyl (C=O) groups excluding carboxylic acids is 2. The van der Waals surface area contributed by atoms with E-state index in [1.54, 1.807) is 14.0 Å². The van der Waals surface area contributed by atoms with Gasteiger partial charge in [-0.05, 0) is 13.0 Å². The van der Waals surface area contributed by atoms with Gasteiger partial charge >= 0.3 is 5.97 Å². The summed E-state index contributed by atoms with van der Waals surface area (Å²) in [6.45, 7) is 2.32. The molecular weight excluding hydrogens is 291 g/mol. The number of aromatic nitrogens is 1. The van der Waals surface area contributed by atoms with Gasteiger partial charge in [-0.15, -0.1) is 0 Å². The van der Waals surface area contributed by atoms with Crippen molar-refractivity contribution in [2.24, 2.45) is 0 Å². The number of pyridine rings is 1. The van der Waals surface area contributed by atoms with Crippen LogP contribution in [0.25, 0.3) is 0 Å². The predicted octanol–water partition coefficient (Wildman–Crippen LogP) is 2.41. The molecule has 19 heavy (non-hydrogen) atoms. The van der Waals surface area contributed by atoms with Crippen molar-refractivity contribution >= 4 is 35.1 Å². The van der Waals surface area contributed by atoms with Gasteiger partial charge in [0.1, 0.15) is 5.15 Å². The molecule has 0 unspecified atom stereocenters. The van der Waals surface area contributed by atoms with Crippen molar-refractivity contribution in [1.82, 2.24) is 9.88 Å². The standard InChI is InChI=1S/C12H14Cl2N2O3/c1-3-19-10(17)4-5-16(2)12(18)8-6-9(13)11(14)15-7-8/h6-7H,3-5H2,1-2H3. The third-order valence-electron chi connectivity index (χ3n) is 2.35. The van der Waals surface area contributed by atoms with Crippen molar-refractivity contribution in [1.29, 1.82) is 0 Å². The topological polar surface area (TPSA) is 59.5 Å². The smallest absolute Gasteiger partial charge is 0.307 e. The van der Waals surface area contributed by atoms with Crippen LogP contribution in [-0.4, -0.2) is 42.0 Å². The highest BCUT2D eigenvalue weighted by atomic mass is 35.5. The molecule has 1 aromatic rings. The van der Waals surface area contributed by atoms with Crippen LogP contribution in [0, 0.1) is 0 Å². The van der Waals surface area contributed by atoms with Crippen molar-refractivity contribution in [3.05, 3.63) is 28.0 Å². The average molecular weight is 305 g/mol. The van der Waals surface area contributed by atoms with E-state index >= 15 is 0 Å². The van der Waals surface area contributed by atoms with Crippen molar-refractivity contribution < 1.29 is 14.3 Å². The molecule has 1 aromatic heterocycles. The number of halogens is 2. The number of hydrogen-bond acceptors (Lipinski definition) is 4. The molecule has 5 nitrogen and oxygen atoms in total. The molecule has 1 rings (SSSR count). The van der Waals surface area contributed by atoms with Crippen LogP contribution >= 0.6 is 23.2 Å². The van der Waals surface area contributed by atoms with Gasteiger partial charge in [-0.25, -0.2) is 4.98 Å². The zero-order valence-corrected chi connectivity index (χ0v) is 12.2. The van der Waals surface area contributed by atoms with E-state index in [4.69, 9.17) is 27.9 Å². The number of nitrogens with zero attached hydrogens (tertiary/aromatic N) is 2. The summed E-state index contributed by atoms with van der Waals surface area (Å²) in [4.78, 5) is 28.4. The number of rotatable bonds is 5. The Bertz CT molecular complexity index is 480. The molecule has 1 amide bonds. The fourth-order valence-electron chi connectivity index (χ4n) is 1.35. The van der Waals surface area contributed by atoms with Crippen molar-refractivity contribution in [2.75, 3.05) is 20.2 Å². The lowest BCUT2D eigenvalue weighted by Crippen LogP contribution is -2.29. The van der Waals surface area contributed by atoms with E-state index in [-0.39, 0.29) is 35.0 Å². The lowest BCUT2D eigenvalue weighted by atomic mass is 10.2. The summed E-state index contributed by atoms with van der Waals surface area (Å²) in [5, 5.41) is 0.360. The lowest BCUT2D eigenvalue weighted by molar-refractivity contribution is -0.143. The van der Waals surface area contributed by atoms with E-state index in [0.717, 1.165) is 0 Å². The normalized spacial score (nSPS) is 10.1. The molecule has 104 valence electrons. The Morgan fingerprint density at radius 2 is 2.11 bits per heavy atom. The molecule has 0 aromatic carbocycles. The Morgan fingerprint density at radius 1 is 1.42 bits per heavy atom. The Labute approximate surface area is 121 Å². The fraction of sp³-hybridized carbons (Fsp3) is 0.417. The first-order valence-electron chi connectivity index (χ1n) is 5.67. The molecule has 0 spiro atoms. The Morgan fingerprint density at radius 3 is 2.68 bits per heavy atom. The van der Waals surface area contributed by atoms with Gasteiger partial charge in [-0.3, -0.25) is 9.59 Å². The average Bonchev–Trinajstić information content (AvgIpc) is 2.38. The summed E-state index contributed by atoms with van der Waals surface area (Å²) in [7, 11) is 1.59. The number of ether oxygens (including phenoxy) is 1. The second-order valence-electron chi connectivity index (χ2n) is 3.78. The first kappa shape index (κ1) is 15.7. The largest absolute Gasteiger partial charge is 0.466 e. The van der Waals surface area contributed by atoms with Crippen molar-refractivity contribution in [3.63, 3.8) is 0 Å². The maximum absolute atomic E-state index is 12.0. The zero-order valence-electron chi connectivity index (χ0n) is 10.7. The van der Waals surface area contributed by atoms with Crippen LogP contribution in [0.3, 0.4) is 0 Å². The molecular formula is C12H14Cl2N2O3. The maximum Gasteiger partial charge on any atom is 0.307 e. The second kappa shape index (κ2) is 7.31. The second-order valence-corrected chi connectivity index (χ2v) is 4.54. The van der Waals surface area contributed by atoms with E-state index in [1.165, 1.54) is 17.2 Å². The molecule has 0 N–H and O–H groups in total. The molecule has 0 atom stereocenters. The maximum atomic E-state index is 12.0. The highest BCUT2D eigenvalue weighted by Crippen LogP contribution is 2.20. The summed E-state index contributed by atoms with van der Waals surface area (Å²) in [5.41, 5.74) is 0.320. The Balaban J connectivity index is 2.61. The molecule has 0 bridgehead atoms. The first-order valence-corrected chi connectivity index (χ1v) is 6.43. The third kappa shape index (κ3) is 4.69. The van der Waals surface area contributed by atoms with Gasteiger partial charge in [0.25, 0.3) is 5.91 Å². The minimum Gasteiger partial charge on any atom is -0.466 e. The van der Waals surface area contributed by atoms with Gasteiger partial charge < -0.3 is 9.64 Å². The molecule has 0 aliphatic heterocycles. The van der Waals surface area contributed by atoms with Gasteiger partial charge in [-0.1, -0.05) is 23.2 Å². The quantitative estimate of drug-likeness (QED) is 0.619. The summed E-state index contributed by atoms with van der Waals surface area (Å²) < 4.78 is 4.78. The lowest BCUT2D eigenvalue weighted by Gasteiger charge is -2.16. The van der Waals surface area contributed by atoms with E-state index in [9.17, 15) is 9.59 Å². The minimum absolute atomic E-state index is 0.144. The van der Waals surface area contributed by atoms with Crippen LogP contribution < -0.4 is 0 Å². The SMILES string of the molecule is CCOC(=O)CCN(C)C(=O)c1cnc(Cl)c(Cl)c1. The monoisotopic (exact) mass is 304 g/mol. The fourth-order valence-corrected chi connectivity index (χ4v) is 1.62. The zero-order chi connectivity index (χ0) is 14.4. The van der Waals surface area contributed by atoms with E-state index in [1.807, 2.05) is 0 Å². The molecule has 0 saturated heterocycles. The predicted molar refractivity (Wildman–Crippen MR) is 72.5 cm³/mol. The highest BCUT2D eigenvalue weighted by molar-refractivity contribution is 6.41. The Kier molecular flexibility index (Phi) is 6.05. The summed E-state index contributed by atoms with van der Waals surface area (Å²) in [6, 6.07) is 1.44. The number of amides is 1. The minimum atomic E-state index is -0.339. The van der Waals surface area contributed by atoms with E-state index in [0.29, 0.717) is 12.2 Å². The van der Waals surface area contributed by atoms with Crippen LogP contribution in [0.2, 0.25) is 10.2 Å². The van der Waals surface area contributed by atoms with Crippen molar-refractivity contribution in [3.8, 4) is 0 Å². The molecule has 7 heteroatoms. The van der Waals surface area contributed by atoms with Crippen molar-refractivity contribution in [2.45, 2.75) is 13.3 Å². The molecule has 0 saturated carbocycles. The number of carbonyl (C=O) groups is 2. The van der Waals surface area contributed by atoms with Crippen LogP contribution in [0.1, 0.15) is 23.7 Å². The van der Waals surface area contributed by atoms with Crippen LogP contribution in [0.5, 0.6) is 0 Å². The number of esters is 1. The van der Waals surface area contributed by atoms with Gasteiger partial charge in [-0.2, -0.15) is 0 Å². The summed E-state index contributed by atoms with van der Waals surface area (Å²) in [5.74, 6) is -0.621. The van der Waals surface area contributed by atoms with Crippen LogP contribution in [0.15, 0.2) is 12.3 Å². The van der Waals surface area contributed by atoms with E-state index < -0.39 is 0 Å². The van der Waals surface area contributed by atoms with Gasteiger partial charge in [0.05, 0.1) is 23.6 Å².